The van der Waals surface area contributed by atoms with Crippen LogP contribution in [0.1, 0.15) is 265 Å². The predicted octanol–water partition coefficient (Wildman–Crippen LogP) is 20.6. The Morgan fingerprint density at radius 3 is 1.19 bits per heavy atom. The summed E-state index contributed by atoms with van der Waals surface area (Å²) in [6.07, 6.45) is 87.0. The molecule has 0 radical (unpaired) electrons. The fourth-order valence-corrected chi connectivity index (χ4v) is 9.64. The van der Waals surface area contributed by atoms with Crippen molar-refractivity contribution < 1.29 is 37.3 Å². The largest absolute Gasteiger partial charge is 0.756 e. The van der Waals surface area contributed by atoms with Crippen molar-refractivity contribution in [2.45, 2.75) is 277 Å². The van der Waals surface area contributed by atoms with Crippen LogP contribution < -0.4 is 10.2 Å². The normalized spacial score (nSPS) is 14.4. The number of carbonyl (C=O) groups is 2. The molecule has 0 aliphatic heterocycles. The van der Waals surface area contributed by atoms with Crippen LogP contribution in [0.3, 0.4) is 0 Å². The van der Waals surface area contributed by atoms with Crippen LogP contribution in [0.25, 0.3) is 0 Å². The number of unbranched alkanes of at least 4 members (excludes halogenated alkanes) is 23. The Kier molecular flexibility index (Phi) is 58.4. The van der Waals surface area contributed by atoms with Crippen molar-refractivity contribution in [3.8, 4) is 0 Å². The molecule has 10 heteroatoms. The number of nitrogens with one attached hydrogen (secondary N) is 1. The predicted molar refractivity (Wildman–Crippen MR) is 357 cm³/mol. The molecule has 0 aromatic carbocycles. The van der Waals surface area contributed by atoms with Crippen LogP contribution in [-0.4, -0.2) is 69.4 Å². The maximum absolute atomic E-state index is 13.6. The van der Waals surface area contributed by atoms with Gasteiger partial charge in [-0.1, -0.05) is 258 Å². The lowest BCUT2D eigenvalue weighted by atomic mass is 10.0. The van der Waals surface area contributed by atoms with E-state index in [0.29, 0.717) is 23.9 Å². The fraction of sp³-hybridized carbons (Fsp3) is 0.671. The summed E-state index contributed by atoms with van der Waals surface area (Å²) in [7, 11) is 1.14. The van der Waals surface area contributed by atoms with Crippen molar-refractivity contribution in [3.05, 3.63) is 134 Å². The molecule has 0 bridgehead atoms. The van der Waals surface area contributed by atoms with Gasteiger partial charge in [0, 0.05) is 12.8 Å². The number of likely N-dealkylation sites (N-methyl/N-ethyl adjacent to an activating group) is 1. The Bertz CT molecular complexity index is 1880. The molecule has 0 spiro atoms. The molecule has 1 N–H and O–H groups in total. The molecule has 0 rings (SSSR count). The Hall–Kier alpha value is -3.85. The van der Waals surface area contributed by atoms with E-state index >= 15 is 0 Å². The van der Waals surface area contributed by atoms with Crippen molar-refractivity contribution >= 4 is 19.7 Å². The molecule has 0 saturated heterocycles. The molecule has 474 valence electrons. The van der Waals surface area contributed by atoms with E-state index in [1.165, 1.54) is 83.5 Å². The number of rotatable bonds is 59. The molecule has 0 saturated carbocycles. The Morgan fingerprint density at radius 1 is 0.434 bits per heavy atom. The number of quaternary nitrogens is 1. The number of hydrogen-bond donors (Lipinski definition) is 1. The summed E-state index contributed by atoms with van der Waals surface area (Å²) in [5.41, 5.74) is 0. The van der Waals surface area contributed by atoms with Crippen LogP contribution in [-0.2, 0) is 27.9 Å². The number of phosphoric acid groups is 1. The van der Waals surface area contributed by atoms with Gasteiger partial charge in [-0.3, -0.25) is 14.2 Å². The zero-order valence-electron chi connectivity index (χ0n) is 54.1. The highest BCUT2D eigenvalue weighted by Crippen LogP contribution is 2.38. The maximum atomic E-state index is 13.6. The van der Waals surface area contributed by atoms with E-state index in [-0.39, 0.29) is 31.3 Å². The summed E-state index contributed by atoms with van der Waals surface area (Å²) in [4.78, 5) is 40.1. The standard InChI is InChI=1S/C73H125N2O7P/c1-7-10-13-16-19-22-25-28-30-32-34-35-36-37-38-39-41-42-44-47-50-53-56-59-62-65-72(76)74-70(69-81-83(78,79)80-68-67-75(4,5)6)71(64-61-58-55-52-49-46-27-24-21-18-15-12-9-3)82-73(77)66-63-60-57-54-51-48-45-43-40-33-31-29-26-23-20-17-14-11-8-2/h10,13,19-20,22-23,28-31,34-35,37-38,40-43,48,51,61,64,70-71H,7-9,11-12,14-18,21,24-27,32-33,36,39,44-47,49-50,52-60,62-63,65-69H2,1-6H3,(H-,74,76,78,79)/b13-10-,22-19-,23-20-,30-28-,31-29-,35-34-,38-37-,42-41-,43-40-,51-48-,64-61-. The highest BCUT2D eigenvalue weighted by atomic mass is 31.2. The third kappa shape index (κ3) is 62.5. The van der Waals surface area contributed by atoms with Crippen LogP contribution in [0.15, 0.2) is 134 Å². The van der Waals surface area contributed by atoms with E-state index in [1.54, 1.807) is 0 Å². The van der Waals surface area contributed by atoms with Gasteiger partial charge in [-0.25, -0.2) is 0 Å². The van der Waals surface area contributed by atoms with Crippen LogP contribution in [0.2, 0.25) is 0 Å². The highest BCUT2D eigenvalue weighted by molar-refractivity contribution is 7.45. The van der Waals surface area contributed by atoms with Gasteiger partial charge >= 0.3 is 5.97 Å². The average Bonchev–Trinajstić information content (AvgIpc) is 3.46. The summed E-state index contributed by atoms with van der Waals surface area (Å²) in [6, 6.07) is -0.921. The van der Waals surface area contributed by atoms with Crippen molar-refractivity contribution in [2.75, 3.05) is 40.9 Å². The quantitative estimate of drug-likeness (QED) is 0.0212. The topological polar surface area (TPSA) is 114 Å². The Labute approximate surface area is 511 Å². The second-order valence-corrected chi connectivity index (χ2v) is 24.6. The molecule has 3 unspecified atom stereocenters. The van der Waals surface area contributed by atoms with Gasteiger partial charge < -0.3 is 28.5 Å². The summed E-state index contributed by atoms with van der Waals surface area (Å²) in [6.45, 7) is 6.66. The summed E-state index contributed by atoms with van der Waals surface area (Å²) in [5.74, 6) is -0.601. The molecule has 0 fully saturated rings. The summed E-state index contributed by atoms with van der Waals surface area (Å²) in [5, 5.41) is 3.02. The number of amides is 1. The first-order valence-corrected chi connectivity index (χ1v) is 35.0. The summed E-state index contributed by atoms with van der Waals surface area (Å²) < 4.78 is 30.4. The van der Waals surface area contributed by atoms with E-state index in [4.69, 9.17) is 13.8 Å². The van der Waals surface area contributed by atoms with E-state index in [1.807, 2.05) is 33.3 Å². The molecular formula is C73H125N2O7P. The van der Waals surface area contributed by atoms with Gasteiger partial charge in [0.1, 0.15) is 19.3 Å². The number of nitrogens with zero attached hydrogens (tertiary/aromatic N) is 1. The monoisotopic (exact) mass is 1170 g/mol. The molecule has 83 heavy (non-hydrogen) atoms. The van der Waals surface area contributed by atoms with Crippen LogP contribution in [0.4, 0.5) is 0 Å². The number of allylic oxidation sites excluding steroid dienone is 21. The van der Waals surface area contributed by atoms with Crippen molar-refractivity contribution in [3.63, 3.8) is 0 Å². The maximum Gasteiger partial charge on any atom is 0.306 e. The van der Waals surface area contributed by atoms with Crippen LogP contribution in [0, 0.1) is 0 Å². The first-order chi connectivity index (χ1) is 40.4. The molecule has 0 aliphatic rings. The minimum absolute atomic E-state index is 0.0382. The van der Waals surface area contributed by atoms with Gasteiger partial charge in [0.15, 0.2) is 0 Å². The van der Waals surface area contributed by atoms with Crippen molar-refractivity contribution in [2.24, 2.45) is 0 Å². The zero-order chi connectivity index (χ0) is 60.7. The van der Waals surface area contributed by atoms with Crippen molar-refractivity contribution in [1.29, 1.82) is 0 Å². The Morgan fingerprint density at radius 2 is 0.771 bits per heavy atom. The Balaban J connectivity index is 5.29. The molecule has 0 aromatic rings. The molecular weight excluding hydrogens is 1050 g/mol. The second-order valence-electron chi connectivity index (χ2n) is 23.2. The first-order valence-electron chi connectivity index (χ1n) is 33.5. The number of esters is 1. The van der Waals surface area contributed by atoms with E-state index < -0.39 is 26.6 Å². The van der Waals surface area contributed by atoms with Gasteiger partial charge in [0.25, 0.3) is 7.82 Å². The van der Waals surface area contributed by atoms with E-state index in [0.717, 1.165) is 135 Å². The molecule has 1 amide bonds. The lowest BCUT2D eigenvalue weighted by Gasteiger charge is -2.30. The van der Waals surface area contributed by atoms with Gasteiger partial charge in [0.2, 0.25) is 5.91 Å². The van der Waals surface area contributed by atoms with Gasteiger partial charge in [0.05, 0.1) is 33.8 Å². The highest BCUT2D eigenvalue weighted by Gasteiger charge is 2.27. The van der Waals surface area contributed by atoms with Crippen molar-refractivity contribution in [1.82, 2.24) is 5.32 Å². The SMILES string of the molecule is CC/C=C\C/C=C\C/C=C\C/C=C\C/C=C\C/C=C\CCCCCCCCC(=O)NC(COP(=O)([O-])OCC[N+](C)(C)C)C(/C=C\CCCCCCCCCCCCC)OC(=O)CCCCC/C=C\C/C=C\C/C=C\C/C=C\CCCCC. The lowest BCUT2D eigenvalue weighted by Crippen LogP contribution is -2.47. The smallest absolute Gasteiger partial charge is 0.306 e. The number of hydrogen-bond acceptors (Lipinski definition) is 7. The lowest BCUT2D eigenvalue weighted by molar-refractivity contribution is -0.870. The van der Waals surface area contributed by atoms with Gasteiger partial charge in [-0.2, -0.15) is 0 Å². The molecule has 3 atom stereocenters. The fourth-order valence-electron chi connectivity index (χ4n) is 8.92. The average molecular weight is 1170 g/mol. The minimum Gasteiger partial charge on any atom is -0.756 e. The van der Waals surface area contributed by atoms with Crippen LogP contribution in [0.5, 0.6) is 0 Å². The number of ether oxygens (including phenoxy) is 1. The molecule has 0 heterocycles. The zero-order valence-corrected chi connectivity index (χ0v) is 55.0. The molecule has 0 aromatic heterocycles. The van der Waals surface area contributed by atoms with Gasteiger partial charge in [-0.15, -0.1) is 0 Å². The molecule has 9 nitrogen and oxygen atoms in total. The van der Waals surface area contributed by atoms with E-state index in [2.05, 4.69) is 148 Å². The third-order valence-corrected chi connectivity index (χ3v) is 15.0. The third-order valence-electron chi connectivity index (χ3n) is 14.1. The molecule has 0 aliphatic carbocycles. The number of carbonyl (C=O) groups excluding carboxylic acids is 2. The second kappa shape index (κ2) is 61.2. The minimum atomic E-state index is -4.72. The van der Waals surface area contributed by atoms with Gasteiger partial charge in [-0.05, 0) is 128 Å². The van der Waals surface area contributed by atoms with E-state index in [9.17, 15) is 19.0 Å². The first kappa shape index (κ1) is 79.2. The summed E-state index contributed by atoms with van der Waals surface area (Å²) >= 11 is 0. The van der Waals surface area contributed by atoms with Crippen LogP contribution >= 0.6 is 7.82 Å². The number of phosphoric ester groups is 1.